The van der Waals surface area contributed by atoms with Gasteiger partial charge in [-0.15, -0.1) is 0 Å². The van der Waals surface area contributed by atoms with E-state index in [2.05, 4.69) is 15.6 Å². The molecule has 10 heteroatoms. The maximum Gasteiger partial charge on any atom is 0.341 e. The number of thioether (sulfide) groups is 1. The lowest BCUT2D eigenvalue weighted by Crippen LogP contribution is -2.22. The van der Waals surface area contributed by atoms with Crippen LogP contribution in [0.15, 0.2) is 59.8 Å². The molecule has 0 saturated carbocycles. The van der Waals surface area contributed by atoms with Crippen LogP contribution in [-0.2, 0) is 14.3 Å². The van der Waals surface area contributed by atoms with Crippen LogP contribution in [0.3, 0.4) is 0 Å². The zero-order valence-corrected chi connectivity index (χ0v) is 19.9. The third kappa shape index (κ3) is 6.30. The number of esters is 1. The van der Waals surface area contributed by atoms with Gasteiger partial charge in [-0.1, -0.05) is 29.5 Å². The van der Waals surface area contributed by atoms with Crippen LogP contribution in [-0.4, -0.2) is 41.9 Å². The highest BCUT2D eigenvalue weighted by molar-refractivity contribution is 8.00. The number of hydrogen-bond acceptors (Lipinski definition) is 8. The molecule has 2 aromatic carbocycles. The maximum absolute atomic E-state index is 12.6. The number of hydrogen-bond donors (Lipinski definition) is 2. The average Bonchev–Trinajstić information content (AvgIpc) is 3.31. The summed E-state index contributed by atoms with van der Waals surface area (Å²) in [7, 11) is 0. The van der Waals surface area contributed by atoms with Gasteiger partial charge in [0.1, 0.15) is 5.03 Å². The molecule has 0 spiro atoms. The van der Waals surface area contributed by atoms with Crippen molar-refractivity contribution >= 4 is 40.9 Å². The lowest BCUT2D eigenvalue weighted by atomic mass is 10.1. The van der Waals surface area contributed by atoms with E-state index >= 15 is 0 Å². The first-order valence-electron chi connectivity index (χ1n) is 10.7. The van der Waals surface area contributed by atoms with E-state index in [0.29, 0.717) is 27.9 Å². The first-order valence-corrected chi connectivity index (χ1v) is 11.7. The Bertz CT molecular complexity index is 1280. The Kier molecular flexibility index (Phi) is 7.51. The number of aromatic nitrogens is 1. The molecule has 1 aliphatic rings. The van der Waals surface area contributed by atoms with Crippen molar-refractivity contribution in [2.24, 2.45) is 0 Å². The smallest absolute Gasteiger partial charge is 0.341 e. The summed E-state index contributed by atoms with van der Waals surface area (Å²) in [5.41, 5.74) is 3.39. The van der Waals surface area contributed by atoms with Gasteiger partial charge in [-0.25, -0.2) is 9.78 Å². The Balaban J connectivity index is 1.30. The average molecular weight is 494 g/mol. The minimum Gasteiger partial charge on any atom is -0.454 e. The quantitative estimate of drug-likeness (QED) is 0.358. The van der Waals surface area contributed by atoms with Crippen molar-refractivity contribution in [3.05, 3.63) is 71.4 Å². The molecule has 1 aliphatic heterocycles. The highest BCUT2D eigenvalue weighted by Gasteiger charge is 2.18. The molecule has 35 heavy (non-hydrogen) atoms. The number of anilines is 2. The number of carbonyl (C=O) groups excluding carboxylic acids is 3. The van der Waals surface area contributed by atoms with Crippen molar-refractivity contribution in [3.63, 3.8) is 0 Å². The summed E-state index contributed by atoms with van der Waals surface area (Å²) in [6, 6.07) is 13.9. The first kappa shape index (κ1) is 24.1. The topological polar surface area (TPSA) is 116 Å². The second-order valence-corrected chi connectivity index (χ2v) is 8.67. The van der Waals surface area contributed by atoms with E-state index in [1.54, 1.807) is 30.3 Å². The Labute approximate surface area is 206 Å². The van der Waals surface area contributed by atoms with Gasteiger partial charge in [-0.05, 0) is 49.7 Å². The highest BCUT2D eigenvalue weighted by Crippen LogP contribution is 2.34. The fraction of sp³-hybridized carbons (Fsp3) is 0.200. The van der Waals surface area contributed by atoms with Crippen molar-refractivity contribution in [3.8, 4) is 11.5 Å². The normalized spacial score (nSPS) is 11.6. The predicted octanol–water partition coefficient (Wildman–Crippen LogP) is 3.95. The third-order valence-electron chi connectivity index (χ3n) is 4.98. The SMILES string of the molecule is Cc1ccc(NC(=O)COC(=O)c2cccnc2SCC(=O)Nc2ccc3c(c2)OCO3)c(C)c1. The minimum absolute atomic E-state index is 0.0128. The zero-order valence-electron chi connectivity index (χ0n) is 19.1. The van der Waals surface area contributed by atoms with E-state index < -0.39 is 18.5 Å². The Morgan fingerprint density at radius 2 is 1.83 bits per heavy atom. The van der Waals surface area contributed by atoms with Crippen molar-refractivity contribution in [2.75, 3.05) is 29.8 Å². The number of nitrogens with zero attached hydrogens (tertiary/aromatic N) is 1. The molecule has 2 amide bonds. The standard InChI is InChI=1S/C25H23N3O6S/c1-15-5-7-19(16(2)10-15)28-22(29)12-32-25(31)18-4-3-9-26-24(18)35-13-23(30)27-17-6-8-20-21(11-17)34-14-33-20/h3-11H,12-14H2,1-2H3,(H,27,30)(H,28,29). The van der Waals surface area contributed by atoms with Crippen LogP contribution in [0.2, 0.25) is 0 Å². The number of nitrogens with one attached hydrogen (secondary N) is 2. The van der Waals surface area contributed by atoms with Crippen LogP contribution in [0.25, 0.3) is 0 Å². The monoisotopic (exact) mass is 493 g/mol. The van der Waals surface area contributed by atoms with E-state index in [9.17, 15) is 14.4 Å². The summed E-state index contributed by atoms with van der Waals surface area (Å²) in [5, 5.41) is 5.83. The molecule has 0 aliphatic carbocycles. The van der Waals surface area contributed by atoms with Gasteiger partial charge in [0.2, 0.25) is 12.7 Å². The first-order chi connectivity index (χ1) is 16.9. The molecule has 3 aromatic rings. The van der Waals surface area contributed by atoms with Crippen LogP contribution in [0.5, 0.6) is 11.5 Å². The molecule has 1 aromatic heterocycles. The van der Waals surface area contributed by atoms with Gasteiger partial charge >= 0.3 is 5.97 Å². The summed E-state index contributed by atoms with van der Waals surface area (Å²) in [6.07, 6.45) is 1.52. The van der Waals surface area contributed by atoms with Crippen molar-refractivity contribution in [2.45, 2.75) is 18.9 Å². The molecule has 0 saturated heterocycles. The molecule has 2 N–H and O–H groups in total. The van der Waals surface area contributed by atoms with Gasteiger partial charge in [0, 0.05) is 23.6 Å². The number of ether oxygens (including phenoxy) is 3. The molecule has 0 radical (unpaired) electrons. The zero-order chi connectivity index (χ0) is 24.8. The molecule has 4 rings (SSSR count). The molecule has 0 unspecified atom stereocenters. The molecule has 0 fully saturated rings. The number of amides is 2. The van der Waals surface area contributed by atoms with Crippen LogP contribution < -0.4 is 20.1 Å². The second-order valence-electron chi connectivity index (χ2n) is 7.70. The molecule has 180 valence electrons. The fourth-order valence-corrected chi connectivity index (χ4v) is 4.10. The van der Waals surface area contributed by atoms with Crippen LogP contribution >= 0.6 is 11.8 Å². The second kappa shape index (κ2) is 10.9. The van der Waals surface area contributed by atoms with Gasteiger partial charge in [-0.2, -0.15) is 0 Å². The number of rotatable bonds is 8. The Hall–Kier alpha value is -4.05. The van der Waals surface area contributed by atoms with Crippen LogP contribution in [0.1, 0.15) is 21.5 Å². The molecule has 0 atom stereocenters. The molecular weight excluding hydrogens is 470 g/mol. The van der Waals surface area contributed by atoms with Crippen LogP contribution in [0, 0.1) is 13.8 Å². The van der Waals surface area contributed by atoms with E-state index in [1.165, 1.54) is 12.3 Å². The summed E-state index contributed by atoms with van der Waals surface area (Å²) in [5.74, 6) is -0.243. The lowest BCUT2D eigenvalue weighted by molar-refractivity contribution is -0.119. The van der Waals surface area contributed by atoms with Gasteiger partial charge < -0.3 is 24.8 Å². The van der Waals surface area contributed by atoms with E-state index in [1.807, 2.05) is 26.0 Å². The van der Waals surface area contributed by atoms with Crippen molar-refractivity contribution in [1.82, 2.24) is 4.98 Å². The van der Waals surface area contributed by atoms with Gasteiger partial charge in [0.05, 0.1) is 11.3 Å². The number of aryl methyl sites for hydroxylation is 2. The van der Waals surface area contributed by atoms with E-state index in [0.717, 1.165) is 22.9 Å². The molecule has 2 heterocycles. The summed E-state index contributed by atoms with van der Waals surface area (Å²) in [6.45, 7) is 3.55. The largest absolute Gasteiger partial charge is 0.454 e. The number of benzene rings is 2. The van der Waals surface area contributed by atoms with Crippen LogP contribution in [0.4, 0.5) is 11.4 Å². The predicted molar refractivity (Wildman–Crippen MR) is 131 cm³/mol. The summed E-state index contributed by atoms with van der Waals surface area (Å²) < 4.78 is 15.7. The van der Waals surface area contributed by atoms with Gasteiger partial charge in [0.15, 0.2) is 18.1 Å². The van der Waals surface area contributed by atoms with Gasteiger partial charge in [-0.3, -0.25) is 9.59 Å². The minimum atomic E-state index is -0.701. The maximum atomic E-state index is 12.6. The van der Waals surface area contributed by atoms with Gasteiger partial charge in [0.25, 0.3) is 5.91 Å². The van der Waals surface area contributed by atoms with Crippen molar-refractivity contribution < 1.29 is 28.6 Å². The number of pyridine rings is 1. The highest BCUT2D eigenvalue weighted by atomic mass is 32.2. The molecular formula is C25H23N3O6S. The molecule has 9 nitrogen and oxygen atoms in total. The lowest BCUT2D eigenvalue weighted by Gasteiger charge is -2.11. The Morgan fingerprint density at radius 3 is 2.66 bits per heavy atom. The molecule has 0 bridgehead atoms. The summed E-state index contributed by atoms with van der Waals surface area (Å²) >= 11 is 1.09. The Morgan fingerprint density at radius 1 is 1.00 bits per heavy atom. The number of fused-ring (bicyclic) bond motifs is 1. The fourth-order valence-electron chi connectivity index (χ4n) is 3.32. The third-order valence-corrected chi connectivity index (χ3v) is 5.98. The number of carbonyl (C=O) groups is 3. The summed E-state index contributed by atoms with van der Waals surface area (Å²) in [4.78, 5) is 41.4. The van der Waals surface area contributed by atoms with E-state index in [-0.39, 0.29) is 24.0 Å². The van der Waals surface area contributed by atoms with Crippen molar-refractivity contribution in [1.29, 1.82) is 0 Å². The van der Waals surface area contributed by atoms with E-state index in [4.69, 9.17) is 14.2 Å².